The van der Waals surface area contributed by atoms with Crippen LogP contribution < -0.4 is 5.32 Å². The molecule has 2 aromatic carbocycles. The first-order valence-electron chi connectivity index (χ1n) is 6.81. The number of nitrogens with zero attached hydrogens (tertiary/aromatic N) is 2. The molecule has 3 nitrogen and oxygen atoms in total. The van der Waals surface area contributed by atoms with E-state index in [1.807, 2.05) is 56.3 Å². The molecule has 0 amide bonds. The van der Waals surface area contributed by atoms with E-state index in [1.54, 1.807) is 0 Å². The van der Waals surface area contributed by atoms with Crippen molar-refractivity contribution in [2.75, 3.05) is 5.32 Å². The van der Waals surface area contributed by atoms with Crippen LogP contribution in [0.15, 0.2) is 48.5 Å². The molecule has 0 atom stereocenters. The second-order valence-corrected chi connectivity index (χ2v) is 5.09. The Balaban J connectivity index is 2.06. The van der Waals surface area contributed by atoms with Gasteiger partial charge in [0.25, 0.3) is 0 Å². The maximum Gasteiger partial charge on any atom is 0.0994 e. The van der Waals surface area contributed by atoms with E-state index >= 15 is 0 Å². The lowest BCUT2D eigenvalue weighted by Crippen LogP contribution is -1.95. The van der Waals surface area contributed by atoms with Crippen LogP contribution in [0, 0.1) is 25.2 Å². The number of fused-ring (bicyclic) bond motifs is 1. The molecule has 1 heterocycles. The van der Waals surface area contributed by atoms with Gasteiger partial charge in [-0.25, -0.2) is 0 Å². The number of hydrogen-bond donors (Lipinski definition) is 1. The first-order chi connectivity index (χ1) is 10.2. The number of benzene rings is 2. The lowest BCUT2D eigenvalue weighted by atomic mass is 10.1. The lowest BCUT2D eigenvalue weighted by Gasteiger charge is -2.11. The third-order valence-corrected chi connectivity index (χ3v) is 3.47. The second-order valence-electron chi connectivity index (χ2n) is 5.09. The number of rotatable bonds is 2. The van der Waals surface area contributed by atoms with E-state index in [2.05, 4.69) is 22.4 Å². The first kappa shape index (κ1) is 13.1. The highest BCUT2D eigenvalue weighted by atomic mass is 14.9. The topological polar surface area (TPSA) is 48.7 Å². The maximum atomic E-state index is 9.00. The van der Waals surface area contributed by atoms with Gasteiger partial charge >= 0.3 is 0 Å². The zero-order valence-corrected chi connectivity index (χ0v) is 12.0. The average molecular weight is 273 g/mol. The van der Waals surface area contributed by atoms with Gasteiger partial charge in [0, 0.05) is 22.5 Å². The van der Waals surface area contributed by atoms with Gasteiger partial charge in [0.15, 0.2) is 0 Å². The molecule has 0 radical (unpaired) electrons. The molecular weight excluding hydrogens is 258 g/mol. The summed E-state index contributed by atoms with van der Waals surface area (Å²) >= 11 is 0. The minimum atomic E-state index is 0.705. The lowest BCUT2D eigenvalue weighted by molar-refractivity contribution is 1.25. The summed E-state index contributed by atoms with van der Waals surface area (Å²) in [6, 6.07) is 18.0. The van der Waals surface area contributed by atoms with E-state index in [0.717, 1.165) is 33.5 Å². The summed E-state index contributed by atoms with van der Waals surface area (Å²) in [5.41, 5.74) is 5.63. The van der Waals surface area contributed by atoms with Crippen molar-refractivity contribution in [2.24, 2.45) is 0 Å². The molecule has 3 heteroatoms. The standard InChI is InChI=1S/C18H15N3/c1-12-9-15(8-7-14(12)11-19)21-18-10-13(2)20-17-6-4-3-5-16(17)18/h3-10H,1-2H3,(H,20,21). The molecule has 0 saturated carbocycles. The van der Waals surface area contributed by atoms with Crippen LogP contribution in [0.5, 0.6) is 0 Å². The van der Waals surface area contributed by atoms with Gasteiger partial charge in [0.1, 0.15) is 0 Å². The minimum Gasteiger partial charge on any atom is -0.355 e. The third kappa shape index (κ3) is 2.56. The number of aryl methyl sites for hydroxylation is 2. The predicted octanol–water partition coefficient (Wildman–Crippen LogP) is 4.47. The summed E-state index contributed by atoms with van der Waals surface area (Å²) in [5, 5.41) is 13.5. The Morgan fingerprint density at radius 1 is 1.05 bits per heavy atom. The summed E-state index contributed by atoms with van der Waals surface area (Å²) in [5.74, 6) is 0. The molecule has 0 saturated heterocycles. The van der Waals surface area contributed by atoms with Crippen LogP contribution in [-0.4, -0.2) is 4.98 Å². The number of pyridine rings is 1. The molecule has 102 valence electrons. The quantitative estimate of drug-likeness (QED) is 0.749. The van der Waals surface area contributed by atoms with E-state index in [9.17, 15) is 0 Å². The number of para-hydroxylation sites is 1. The van der Waals surface area contributed by atoms with Gasteiger partial charge in [-0.1, -0.05) is 18.2 Å². The Morgan fingerprint density at radius 2 is 1.86 bits per heavy atom. The highest BCUT2D eigenvalue weighted by Gasteiger charge is 2.05. The van der Waals surface area contributed by atoms with E-state index in [-0.39, 0.29) is 0 Å². The largest absolute Gasteiger partial charge is 0.355 e. The number of aromatic nitrogens is 1. The number of anilines is 2. The van der Waals surface area contributed by atoms with Crippen LogP contribution in [0.3, 0.4) is 0 Å². The summed E-state index contributed by atoms with van der Waals surface area (Å²) in [4.78, 5) is 4.54. The Hall–Kier alpha value is -2.86. The molecule has 0 aliphatic heterocycles. The Morgan fingerprint density at radius 3 is 2.62 bits per heavy atom. The van der Waals surface area contributed by atoms with Crippen LogP contribution in [0.4, 0.5) is 11.4 Å². The summed E-state index contributed by atoms with van der Waals surface area (Å²) in [7, 11) is 0. The molecule has 0 unspecified atom stereocenters. The average Bonchev–Trinajstić information content (AvgIpc) is 2.47. The van der Waals surface area contributed by atoms with Gasteiger partial charge in [-0.3, -0.25) is 4.98 Å². The number of hydrogen-bond acceptors (Lipinski definition) is 3. The molecule has 1 N–H and O–H groups in total. The Labute approximate surface area is 123 Å². The highest BCUT2D eigenvalue weighted by Crippen LogP contribution is 2.27. The number of nitrogens with one attached hydrogen (secondary N) is 1. The SMILES string of the molecule is Cc1cc(Nc2ccc(C#N)c(C)c2)c2ccccc2n1. The molecule has 0 fully saturated rings. The van der Waals surface area contributed by atoms with Crippen LogP contribution >= 0.6 is 0 Å². The molecule has 0 aliphatic carbocycles. The van der Waals surface area contributed by atoms with Crippen LogP contribution in [0.2, 0.25) is 0 Å². The van der Waals surface area contributed by atoms with Crippen LogP contribution in [-0.2, 0) is 0 Å². The normalized spacial score (nSPS) is 10.3. The monoisotopic (exact) mass is 273 g/mol. The van der Waals surface area contributed by atoms with E-state index < -0.39 is 0 Å². The van der Waals surface area contributed by atoms with Gasteiger partial charge in [0.05, 0.1) is 17.1 Å². The molecule has 1 aromatic heterocycles. The minimum absolute atomic E-state index is 0.705. The van der Waals surface area contributed by atoms with Gasteiger partial charge in [0.2, 0.25) is 0 Å². The molecule has 0 aliphatic rings. The zero-order chi connectivity index (χ0) is 14.8. The van der Waals surface area contributed by atoms with Gasteiger partial charge in [-0.05, 0) is 49.7 Å². The van der Waals surface area contributed by atoms with Crippen molar-refractivity contribution in [1.82, 2.24) is 4.98 Å². The van der Waals surface area contributed by atoms with Crippen molar-refractivity contribution in [3.05, 3.63) is 65.4 Å². The predicted molar refractivity (Wildman–Crippen MR) is 85.7 cm³/mol. The second kappa shape index (κ2) is 5.26. The smallest absolute Gasteiger partial charge is 0.0994 e. The molecule has 0 spiro atoms. The number of nitriles is 1. The van der Waals surface area contributed by atoms with Crippen molar-refractivity contribution in [3.63, 3.8) is 0 Å². The molecule has 0 bridgehead atoms. The summed E-state index contributed by atoms with van der Waals surface area (Å²) in [6.45, 7) is 3.93. The van der Waals surface area contributed by atoms with Crippen molar-refractivity contribution in [3.8, 4) is 6.07 Å². The summed E-state index contributed by atoms with van der Waals surface area (Å²) in [6.07, 6.45) is 0. The summed E-state index contributed by atoms with van der Waals surface area (Å²) < 4.78 is 0. The molecular formula is C18H15N3. The fourth-order valence-corrected chi connectivity index (χ4v) is 2.43. The fourth-order valence-electron chi connectivity index (χ4n) is 2.43. The fraction of sp³-hybridized carbons (Fsp3) is 0.111. The molecule has 21 heavy (non-hydrogen) atoms. The van der Waals surface area contributed by atoms with Crippen molar-refractivity contribution in [2.45, 2.75) is 13.8 Å². The van der Waals surface area contributed by atoms with Crippen molar-refractivity contribution < 1.29 is 0 Å². The first-order valence-corrected chi connectivity index (χ1v) is 6.81. The van der Waals surface area contributed by atoms with Gasteiger partial charge < -0.3 is 5.32 Å². The highest BCUT2D eigenvalue weighted by molar-refractivity contribution is 5.93. The van der Waals surface area contributed by atoms with Crippen LogP contribution in [0.25, 0.3) is 10.9 Å². The Bertz CT molecular complexity index is 860. The molecule has 3 rings (SSSR count). The van der Waals surface area contributed by atoms with Crippen molar-refractivity contribution >= 4 is 22.3 Å². The van der Waals surface area contributed by atoms with E-state index in [0.29, 0.717) is 5.56 Å². The third-order valence-electron chi connectivity index (χ3n) is 3.47. The molecule has 3 aromatic rings. The van der Waals surface area contributed by atoms with E-state index in [4.69, 9.17) is 5.26 Å². The van der Waals surface area contributed by atoms with Gasteiger partial charge in [-0.2, -0.15) is 5.26 Å². The maximum absolute atomic E-state index is 9.00. The van der Waals surface area contributed by atoms with Gasteiger partial charge in [-0.15, -0.1) is 0 Å². The van der Waals surface area contributed by atoms with Crippen molar-refractivity contribution in [1.29, 1.82) is 5.26 Å². The van der Waals surface area contributed by atoms with E-state index in [1.165, 1.54) is 0 Å². The zero-order valence-electron chi connectivity index (χ0n) is 12.0. The van der Waals surface area contributed by atoms with Crippen LogP contribution in [0.1, 0.15) is 16.8 Å². The Kier molecular flexibility index (Phi) is 3.29.